The van der Waals surface area contributed by atoms with Crippen molar-refractivity contribution < 1.29 is 29.7 Å². The van der Waals surface area contributed by atoms with Gasteiger partial charge in [0.2, 0.25) is 0 Å². The molecule has 0 atom stereocenters. The molecule has 0 aliphatic rings. The molecule has 0 radical (unpaired) electrons. The van der Waals surface area contributed by atoms with Gasteiger partial charge in [0, 0.05) is 0 Å². The molecule has 0 unspecified atom stereocenters. The van der Waals surface area contributed by atoms with E-state index in [1.54, 1.807) is 0 Å². The van der Waals surface area contributed by atoms with Crippen molar-refractivity contribution in [2.24, 2.45) is 0 Å². The number of aromatic amines is 1. The van der Waals surface area contributed by atoms with Gasteiger partial charge in [0.25, 0.3) is 0 Å². The van der Waals surface area contributed by atoms with Crippen LogP contribution in [0.25, 0.3) is 0 Å². The van der Waals surface area contributed by atoms with Gasteiger partial charge in [0.05, 0.1) is 5.56 Å². The standard InChI is InChI=1S/C7H5NO6/c9-5(10)2-1-3(6(11)12)8-4(2)7(13)14/h1,8H,(H,9,10)(H,11,12)(H,13,14). The van der Waals surface area contributed by atoms with E-state index < -0.39 is 34.9 Å². The van der Waals surface area contributed by atoms with E-state index in [-0.39, 0.29) is 0 Å². The van der Waals surface area contributed by atoms with Crippen LogP contribution in [0.1, 0.15) is 31.3 Å². The molecule has 74 valence electrons. The second kappa shape index (κ2) is 3.21. The van der Waals surface area contributed by atoms with E-state index in [1.807, 2.05) is 4.98 Å². The van der Waals surface area contributed by atoms with Gasteiger partial charge < -0.3 is 20.3 Å². The smallest absolute Gasteiger partial charge is 0.353 e. The molecule has 14 heavy (non-hydrogen) atoms. The Bertz CT molecular complexity index is 386. The molecular formula is C7H5NO6. The largest absolute Gasteiger partial charge is 0.478 e. The summed E-state index contributed by atoms with van der Waals surface area (Å²) in [5.41, 5.74) is -1.69. The van der Waals surface area contributed by atoms with E-state index in [4.69, 9.17) is 15.3 Å². The Balaban J connectivity index is 3.33. The van der Waals surface area contributed by atoms with Crippen molar-refractivity contribution in [3.05, 3.63) is 23.0 Å². The average Bonchev–Trinajstić information content (AvgIpc) is 2.47. The number of carboxylic acids is 3. The monoisotopic (exact) mass is 199 g/mol. The van der Waals surface area contributed by atoms with Crippen molar-refractivity contribution >= 4 is 17.9 Å². The van der Waals surface area contributed by atoms with Crippen molar-refractivity contribution in [1.29, 1.82) is 0 Å². The molecule has 0 aliphatic carbocycles. The first-order valence-corrected chi connectivity index (χ1v) is 3.36. The van der Waals surface area contributed by atoms with Gasteiger partial charge in [-0.15, -0.1) is 0 Å². The van der Waals surface area contributed by atoms with Crippen LogP contribution >= 0.6 is 0 Å². The molecule has 7 nitrogen and oxygen atoms in total. The maximum Gasteiger partial charge on any atom is 0.353 e. The van der Waals surface area contributed by atoms with E-state index in [2.05, 4.69) is 0 Å². The summed E-state index contributed by atoms with van der Waals surface area (Å²) >= 11 is 0. The lowest BCUT2D eigenvalue weighted by molar-refractivity contribution is 0.0648. The van der Waals surface area contributed by atoms with Crippen molar-refractivity contribution in [3.63, 3.8) is 0 Å². The van der Waals surface area contributed by atoms with Crippen LogP contribution in [0.3, 0.4) is 0 Å². The number of H-pyrrole nitrogens is 1. The van der Waals surface area contributed by atoms with Gasteiger partial charge in [0.15, 0.2) is 0 Å². The van der Waals surface area contributed by atoms with Gasteiger partial charge in [-0.05, 0) is 6.07 Å². The van der Waals surface area contributed by atoms with Gasteiger partial charge in [-0.3, -0.25) is 0 Å². The van der Waals surface area contributed by atoms with Crippen molar-refractivity contribution in [2.45, 2.75) is 0 Å². The Labute approximate surface area is 76.6 Å². The molecular weight excluding hydrogens is 194 g/mol. The molecule has 0 fully saturated rings. The number of carboxylic acid groups (broad SMARTS) is 3. The van der Waals surface area contributed by atoms with Crippen molar-refractivity contribution in [2.75, 3.05) is 0 Å². The molecule has 0 amide bonds. The zero-order valence-corrected chi connectivity index (χ0v) is 6.64. The number of aromatic carboxylic acids is 3. The number of hydrogen-bond donors (Lipinski definition) is 4. The summed E-state index contributed by atoms with van der Waals surface area (Å²) in [6.45, 7) is 0. The number of rotatable bonds is 3. The van der Waals surface area contributed by atoms with Crippen molar-refractivity contribution in [3.8, 4) is 0 Å². The molecule has 0 aromatic carbocycles. The zero-order valence-electron chi connectivity index (χ0n) is 6.64. The molecule has 0 bridgehead atoms. The summed E-state index contributed by atoms with van der Waals surface area (Å²) in [5.74, 6) is -4.43. The SMILES string of the molecule is O=C(O)c1cc(C(=O)O)c(C(=O)O)[nH]1. The fourth-order valence-corrected chi connectivity index (χ4v) is 0.907. The molecule has 0 aliphatic heterocycles. The van der Waals surface area contributed by atoms with E-state index in [9.17, 15) is 14.4 Å². The highest BCUT2D eigenvalue weighted by Crippen LogP contribution is 2.11. The molecule has 1 aromatic rings. The lowest BCUT2D eigenvalue weighted by Crippen LogP contribution is -2.06. The minimum absolute atomic E-state index is 0.472. The van der Waals surface area contributed by atoms with Gasteiger partial charge in [-0.1, -0.05) is 0 Å². The minimum atomic E-state index is -1.52. The van der Waals surface area contributed by atoms with E-state index in [0.29, 0.717) is 0 Å². The fraction of sp³-hybridized carbons (Fsp3) is 0. The Hall–Kier alpha value is -2.31. The summed E-state index contributed by atoms with van der Waals surface area (Å²) in [7, 11) is 0. The van der Waals surface area contributed by atoms with Crippen LogP contribution in [0.2, 0.25) is 0 Å². The molecule has 1 rings (SSSR count). The first kappa shape index (κ1) is 9.78. The molecule has 4 N–H and O–H groups in total. The molecule has 1 heterocycles. The highest BCUT2D eigenvalue weighted by atomic mass is 16.4. The molecule has 0 saturated carbocycles. The van der Waals surface area contributed by atoms with Gasteiger partial charge >= 0.3 is 17.9 Å². The predicted molar refractivity (Wildman–Crippen MR) is 41.7 cm³/mol. The normalized spacial score (nSPS) is 9.71. The van der Waals surface area contributed by atoms with Crippen LogP contribution in [0.5, 0.6) is 0 Å². The Morgan fingerprint density at radius 3 is 1.86 bits per heavy atom. The third-order valence-corrected chi connectivity index (χ3v) is 1.49. The summed E-state index contributed by atoms with van der Waals surface area (Å²) in [4.78, 5) is 33.3. The van der Waals surface area contributed by atoms with E-state index >= 15 is 0 Å². The topological polar surface area (TPSA) is 128 Å². The van der Waals surface area contributed by atoms with E-state index in [0.717, 1.165) is 6.07 Å². The lowest BCUT2D eigenvalue weighted by Gasteiger charge is -1.90. The summed E-state index contributed by atoms with van der Waals surface area (Å²) in [5, 5.41) is 25.5. The number of carbonyl (C=O) groups is 3. The van der Waals surface area contributed by atoms with Crippen LogP contribution in [0, 0.1) is 0 Å². The lowest BCUT2D eigenvalue weighted by atomic mass is 10.2. The molecule has 0 saturated heterocycles. The Kier molecular flexibility index (Phi) is 2.24. The van der Waals surface area contributed by atoms with Crippen LogP contribution in [-0.2, 0) is 0 Å². The first-order valence-electron chi connectivity index (χ1n) is 3.36. The highest BCUT2D eigenvalue weighted by Gasteiger charge is 2.21. The third-order valence-electron chi connectivity index (χ3n) is 1.49. The molecule has 1 aromatic heterocycles. The fourth-order valence-electron chi connectivity index (χ4n) is 0.907. The number of aromatic nitrogens is 1. The molecule has 7 heteroatoms. The number of nitrogens with one attached hydrogen (secondary N) is 1. The second-order valence-corrected chi connectivity index (χ2v) is 2.39. The van der Waals surface area contributed by atoms with Crippen molar-refractivity contribution in [1.82, 2.24) is 4.98 Å². The summed E-state index contributed by atoms with van der Waals surface area (Å²) in [6, 6.07) is 0.758. The third kappa shape index (κ3) is 1.56. The number of hydrogen-bond acceptors (Lipinski definition) is 3. The van der Waals surface area contributed by atoms with Gasteiger partial charge in [-0.25, -0.2) is 14.4 Å². The van der Waals surface area contributed by atoms with Gasteiger partial charge in [-0.2, -0.15) is 0 Å². The van der Waals surface area contributed by atoms with Crippen LogP contribution in [0.4, 0.5) is 0 Å². The predicted octanol–water partition coefficient (Wildman–Crippen LogP) is 0.109. The van der Waals surface area contributed by atoms with E-state index in [1.165, 1.54) is 0 Å². The first-order chi connectivity index (χ1) is 6.43. The van der Waals surface area contributed by atoms with Crippen LogP contribution in [0.15, 0.2) is 6.07 Å². The summed E-state index contributed by atoms with van der Waals surface area (Å²) < 4.78 is 0. The van der Waals surface area contributed by atoms with Gasteiger partial charge in [0.1, 0.15) is 11.4 Å². The maximum absolute atomic E-state index is 10.5. The average molecular weight is 199 g/mol. The van der Waals surface area contributed by atoms with Crippen LogP contribution < -0.4 is 0 Å². The zero-order chi connectivity index (χ0) is 10.9. The Morgan fingerprint density at radius 2 is 1.57 bits per heavy atom. The highest BCUT2D eigenvalue weighted by molar-refractivity contribution is 6.03. The molecule has 0 spiro atoms. The maximum atomic E-state index is 10.5. The second-order valence-electron chi connectivity index (χ2n) is 2.39. The Morgan fingerprint density at radius 1 is 1.00 bits per heavy atom. The summed E-state index contributed by atoms with van der Waals surface area (Å²) in [6.07, 6.45) is 0. The minimum Gasteiger partial charge on any atom is -0.478 e. The quantitative estimate of drug-likeness (QED) is 0.546. The van der Waals surface area contributed by atoms with Crippen LogP contribution in [-0.4, -0.2) is 38.2 Å².